The molecule has 120 valence electrons. The number of aryl methyl sites for hydroxylation is 1. The summed E-state index contributed by atoms with van der Waals surface area (Å²) < 4.78 is 0. The summed E-state index contributed by atoms with van der Waals surface area (Å²) in [5.41, 5.74) is 3.97. The molecule has 0 spiro atoms. The first kappa shape index (κ1) is 16.8. The van der Waals surface area contributed by atoms with Crippen LogP contribution in [0.2, 0.25) is 0 Å². The maximum atomic E-state index is 11.8. The molecule has 0 radical (unpaired) electrons. The summed E-state index contributed by atoms with van der Waals surface area (Å²) in [4.78, 5) is 11.8. The summed E-state index contributed by atoms with van der Waals surface area (Å²) in [6, 6.07) is 8.25. The zero-order valence-corrected chi connectivity index (χ0v) is 13.7. The van der Waals surface area contributed by atoms with Crippen molar-refractivity contribution in [2.75, 3.05) is 13.1 Å². The number of hydrogen-bond donors (Lipinski definition) is 2. The van der Waals surface area contributed by atoms with Crippen LogP contribution >= 0.6 is 0 Å². The van der Waals surface area contributed by atoms with Gasteiger partial charge in [0.25, 0.3) is 0 Å². The lowest BCUT2D eigenvalue weighted by Crippen LogP contribution is -2.27. The highest BCUT2D eigenvalue weighted by atomic mass is 16.1. The predicted octanol–water partition coefficient (Wildman–Crippen LogP) is 3.48. The molecule has 1 aromatic rings. The smallest absolute Gasteiger partial charge is 0.221 e. The molecule has 0 fully saturated rings. The normalized spacial score (nSPS) is 14.5. The largest absolute Gasteiger partial charge is 0.352 e. The van der Waals surface area contributed by atoms with Crippen molar-refractivity contribution in [2.45, 2.75) is 52.0 Å². The Morgan fingerprint density at radius 1 is 1.23 bits per heavy atom. The number of allylic oxidation sites excluding steroid dienone is 1. The molecule has 2 N–H and O–H groups in total. The van der Waals surface area contributed by atoms with Crippen molar-refractivity contribution in [1.29, 1.82) is 0 Å². The van der Waals surface area contributed by atoms with Gasteiger partial charge >= 0.3 is 0 Å². The Bertz CT molecular complexity index is 508. The highest BCUT2D eigenvalue weighted by Crippen LogP contribution is 2.19. The number of hydrogen-bond acceptors (Lipinski definition) is 2. The van der Waals surface area contributed by atoms with Crippen LogP contribution in [0.4, 0.5) is 0 Å². The molecule has 0 bridgehead atoms. The van der Waals surface area contributed by atoms with E-state index in [9.17, 15) is 4.79 Å². The first-order valence-corrected chi connectivity index (χ1v) is 8.45. The van der Waals surface area contributed by atoms with Crippen LogP contribution in [0.25, 0.3) is 0 Å². The van der Waals surface area contributed by atoms with E-state index >= 15 is 0 Å². The molecule has 1 aromatic carbocycles. The number of amides is 1. The summed E-state index contributed by atoms with van der Waals surface area (Å²) in [5, 5.41) is 6.35. The Morgan fingerprint density at radius 3 is 2.91 bits per heavy atom. The lowest BCUT2D eigenvalue weighted by Gasteiger charge is -2.13. The highest BCUT2D eigenvalue weighted by molar-refractivity contribution is 5.76. The maximum Gasteiger partial charge on any atom is 0.221 e. The number of carbonyl (C=O) groups is 1. The summed E-state index contributed by atoms with van der Waals surface area (Å²) in [5.74, 6) is 0.117. The molecule has 2 rings (SSSR count). The SMILES string of the molecule is Cc1cccc(CNC(=O)CCNCCC2=CCCCC2)c1. The van der Waals surface area contributed by atoms with Crippen molar-refractivity contribution in [3.63, 3.8) is 0 Å². The number of carbonyl (C=O) groups excluding carboxylic acids is 1. The summed E-state index contributed by atoms with van der Waals surface area (Å²) in [7, 11) is 0. The summed E-state index contributed by atoms with van der Waals surface area (Å²) >= 11 is 0. The molecule has 0 unspecified atom stereocenters. The molecule has 0 saturated carbocycles. The Labute approximate surface area is 134 Å². The maximum absolute atomic E-state index is 11.8. The average molecular weight is 300 g/mol. The molecule has 0 aromatic heterocycles. The third-order valence-corrected chi connectivity index (χ3v) is 4.11. The quantitative estimate of drug-likeness (QED) is 0.570. The van der Waals surface area contributed by atoms with Crippen molar-refractivity contribution >= 4 is 5.91 Å². The molecule has 3 heteroatoms. The second kappa shape index (κ2) is 9.42. The standard InChI is InChI=1S/C19H28N2O/c1-16-6-5-9-18(14-16)15-21-19(22)11-13-20-12-10-17-7-3-2-4-8-17/h5-7,9,14,20H,2-4,8,10-13,15H2,1H3,(H,21,22). The lowest BCUT2D eigenvalue weighted by molar-refractivity contribution is -0.121. The van der Waals surface area contributed by atoms with Gasteiger partial charge in [0.05, 0.1) is 0 Å². The molecule has 0 heterocycles. The van der Waals surface area contributed by atoms with E-state index in [0.717, 1.165) is 25.1 Å². The molecular weight excluding hydrogens is 272 g/mol. The van der Waals surface area contributed by atoms with Crippen LogP contribution in [0.5, 0.6) is 0 Å². The van der Waals surface area contributed by atoms with Gasteiger partial charge in [-0.3, -0.25) is 4.79 Å². The fourth-order valence-electron chi connectivity index (χ4n) is 2.82. The molecule has 1 aliphatic rings. The summed E-state index contributed by atoms with van der Waals surface area (Å²) in [6.45, 7) is 4.42. The third-order valence-electron chi connectivity index (χ3n) is 4.11. The van der Waals surface area contributed by atoms with Crippen LogP contribution < -0.4 is 10.6 Å². The Balaban J connectivity index is 1.53. The fraction of sp³-hybridized carbons (Fsp3) is 0.526. The van der Waals surface area contributed by atoms with E-state index in [1.54, 1.807) is 5.57 Å². The van der Waals surface area contributed by atoms with Gasteiger partial charge < -0.3 is 10.6 Å². The molecule has 1 amide bonds. The van der Waals surface area contributed by atoms with Gasteiger partial charge in [-0.15, -0.1) is 0 Å². The first-order valence-electron chi connectivity index (χ1n) is 8.45. The van der Waals surface area contributed by atoms with Crippen molar-refractivity contribution in [3.8, 4) is 0 Å². The van der Waals surface area contributed by atoms with Crippen LogP contribution in [0.15, 0.2) is 35.9 Å². The summed E-state index contributed by atoms with van der Waals surface area (Å²) in [6.07, 6.45) is 9.26. The molecule has 0 saturated heterocycles. The molecule has 0 aliphatic heterocycles. The van der Waals surface area contributed by atoms with Gasteiger partial charge in [-0.1, -0.05) is 41.5 Å². The van der Waals surface area contributed by atoms with E-state index in [1.807, 2.05) is 12.1 Å². The van der Waals surface area contributed by atoms with Crippen molar-refractivity contribution in [3.05, 3.63) is 47.0 Å². The third kappa shape index (κ3) is 6.44. The van der Waals surface area contributed by atoms with Gasteiger partial charge in [0.2, 0.25) is 5.91 Å². The zero-order chi connectivity index (χ0) is 15.6. The molecule has 0 atom stereocenters. The van der Waals surface area contributed by atoms with Crippen LogP contribution in [0.1, 0.15) is 49.7 Å². The number of benzene rings is 1. The topological polar surface area (TPSA) is 41.1 Å². The monoisotopic (exact) mass is 300 g/mol. The van der Waals surface area contributed by atoms with Crippen LogP contribution in [-0.2, 0) is 11.3 Å². The number of rotatable bonds is 8. The van der Waals surface area contributed by atoms with E-state index in [2.05, 4.69) is 35.8 Å². The Morgan fingerprint density at radius 2 is 2.14 bits per heavy atom. The minimum absolute atomic E-state index is 0.117. The minimum atomic E-state index is 0.117. The highest BCUT2D eigenvalue weighted by Gasteiger charge is 2.04. The van der Waals surface area contributed by atoms with E-state index in [0.29, 0.717) is 13.0 Å². The number of nitrogens with one attached hydrogen (secondary N) is 2. The zero-order valence-electron chi connectivity index (χ0n) is 13.7. The van der Waals surface area contributed by atoms with Crippen molar-refractivity contribution < 1.29 is 4.79 Å². The minimum Gasteiger partial charge on any atom is -0.352 e. The van der Waals surface area contributed by atoms with E-state index < -0.39 is 0 Å². The van der Waals surface area contributed by atoms with Crippen LogP contribution in [0.3, 0.4) is 0 Å². The molecule has 3 nitrogen and oxygen atoms in total. The van der Waals surface area contributed by atoms with Crippen LogP contribution in [-0.4, -0.2) is 19.0 Å². The molecule has 1 aliphatic carbocycles. The van der Waals surface area contributed by atoms with Gasteiger partial charge in [-0.2, -0.15) is 0 Å². The van der Waals surface area contributed by atoms with Crippen molar-refractivity contribution in [2.24, 2.45) is 0 Å². The second-order valence-electron chi connectivity index (χ2n) is 6.12. The van der Waals surface area contributed by atoms with Gasteiger partial charge in [0, 0.05) is 19.5 Å². The average Bonchev–Trinajstić information content (AvgIpc) is 2.54. The van der Waals surface area contributed by atoms with Gasteiger partial charge in [0.15, 0.2) is 0 Å². The molecular formula is C19H28N2O. The predicted molar refractivity (Wildman–Crippen MR) is 91.7 cm³/mol. The van der Waals surface area contributed by atoms with Gasteiger partial charge in [-0.25, -0.2) is 0 Å². The van der Waals surface area contributed by atoms with E-state index in [4.69, 9.17) is 0 Å². The Hall–Kier alpha value is -1.61. The lowest BCUT2D eigenvalue weighted by atomic mass is 9.97. The van der Waals surface area contributed by atoms with E-state index in [-0.39, 0.29) is 5.91 Å². The fourth-order valence-corrected chi connectivity index (χ4v) is 2.82. The molecule has 22 heavy (non-hydrogen) atoms. The van der Waals surface area contributed by atoms with Gasteiger partial charge in [-0.05, 0) is 51.1 Å². The first-order chi connectivity index (χ1) is 10.7. The van der Waals surface area contributed by atoms with Gasteiger partial charge in [0.1, 0.15) is 0 Å². The van der Waals surface area contributed by atoms with Crippen molar-refractivity contribution in [1.82, 2.24) is 10.6 Å². The second-order valence-corrected chi connectivity index (χ2v) is 6.12. The van der Waals surface area contributed by atoms with E-state index in [1.165, 1.54) is 31.2 Å². The van der Waals surface area contributed by atoms with Crippen LogP contribution in [0, 0.1) is 6.92 Å². The Kier molecular flexibility index (Phi) is 7.17.